The molecule has 0 saturated carbocycles. The summed E-state index contributed by atoms with van der Waals surface area (Å²) in [5, 5.41) is 12.6. The van der Waals surface area contributed by atoms with E-state index in [1.165, 1.54) is 6.07 Å². The summed E-state index contributed by atoms with van der Waals surface area (Å²) in [6.45, 7) is 13.3. The highest BCUT2D eigenvalue weighted by molar-refractivity contribution is 5.98. The topological polar surface area (TPSA) is 127 Å². The molecule has 1 aliphatic rings. The van der Waals surface area contributed by atoms with Crippen LogP contribution in [0.2, 0.25) is 0 Å². The monoisotopic (exact) mass is 624 g/mol. The predicted molar refractivity (Wildman–Crippen MR) is 173 cm³/mol. The maximum atomic E-state index is 14.6. The number of carbonyl (C=O) groups excluding carboxylic acids is 3. The number of hydrogen-bond acceptors (Lipinski definition) is 6. The lowest BCUT2D eigenvalue weighted by Crippen LogP contribution is -2.34. The van der Waals surface area contributed by atoms with E-state index in [0.717, 1.165) is 48.4 Å². The maximum Gasteiger partial charge on any atom is 0.270 e. The molecule has 45 heavy (non-hydrogen) atoms. The third-order valence-corrected chi connectivity index (χ3v) is 8.77. The van der Waals surface area contributed by atoms with Crippen LogP contribution in [-0.4, -0.2) is 52.0 Å². The standard InChI is InChI=1S/C34H49FN6O4/c1-7-23(8-2)17-25(10-4)26(11-5)19-37-34(44)29-18-28(40-32-27(35)20-38-41(29)32)33(43)36-16-15-24(9-3)13-12-14-30-22(6)39-31(42)21-45-30/h9,12,14,18,20,23,25-26H,7-8,10-11,13,15-17,19,21H2,1-6H3,(H,36,43)(H,37,44)(H,39,42)/b14-12?,24-9+. The summed E-state index contributed by atoms with van der Waals surface area (Å²) in [5.41, 5.74) is 1.57. The Morgan fingerprint density at radius 1 is 1.11 bits per heavy atom. The minimum absolute atomic E-state index is 0.0109. The van der Waals surface area contributed by atoms with E-state index in [1.54, 1.807) is 6.92 Å². The second-order valence-corrected chi connectivity index (χ2v) is 11.6. The molecular formula is C34H49FN6O4. The number of aromatic nitrogens is 3. The average Bonchev–Trinajstić information content (AvgIpc) is 3.42. The summed E-state index contributed by atoms with van der Waals surface area (Å²) in [4.78, 5) is 42.1. The maximum absolute atomic E-state index is 14.6. The number of carbonyl (C=O) groups is 3. The van der Waals surface area contributed by atoms with Crippen molar-refractivity contribution in [3.63, 3.8) is 0 Å². The number of nitrogens with zero attached hydrogens (tertiary/aromatic N) is 3. The first-order chi connectivity index (χ1) is 21.6. The number of halogens is 1. The van der Waals surface area contributed by atoms with Crippen molar-refractivity contribution in [1.29, 1.82) is 0 Å². The molecule has 11 heteroatoms. The summed E-state index contributed by atoms with van der Waals surface area (Å²) >= 11 is 0. The Morgan fingerprint density at radius 3 is 2.49 bits per heavy atom. The number of ether oxygens (including phenoxy) is 1. The second-order valence-electron chi connectivity index (χ2n) is 11.6. The fourth-order valence-corrected chi connectivity index (χ4v) is 5.76. The normalized spacial score (nSPS) is 15.4. The summed E-state index contributed by atoms with van der Waals surface area (Å²) < 4.78 is 21.2. The second kappa shape index (κ2) is 17.5. The van der Waals surface area contributed by atoms with E-state index >= 15 is 0 Å². The number of amides is 3. The van der Waals surface area contributed by atoms with Crippen molar-refractivity contribution < 1.29 is 23.5 Å². The molecule has 0 aliphatic carbocycles. The molecule has 3 amide bonds. The molecule has 0 aromatic carbocycles. The first-order valence-corrected chi connectivity index (χ1v) is 16.2. The van der Waals surface area contributed by atoms with Crippen LogP contribution in [0, 0.1) is 23.6 Å². The molecule has 3 rings (SSSR count). The SMILES string of the molecule is C/C=C(\CC=CC1=C(C)NC(=O)CO1)CCNC(=O)c1cc(C(=O)NCC(CC)C(CC)CC(CC)CC)n2ncc(F)c2n1. The van der Waals surface area contributed by atoms with Crippen molar-refractivity contribution >= 4 is 23.4 Å². The van der Waals surface area contributed by atoms with Gasteiger partial charge in [0.15, 0.2) is 18.1 Å². The highest BCUT2D eigenvalue weighted by Crippen LogP contribution is 2.29. The van der Waals surface area contributed by atoms with Gasteiger partial charge < -0.3 is 20.7 Å². The van der Waals surface area contributed by atoms with Crippen molar-refractivity contribution in [3.05, 3.63) is 64.7 Å². The molecule has 0 saturated heterocycles. The average molecular weight is 625 g/mol. The summed E-state index contributed by atoms with van der Waals surface area (Å²) in [5.74, 6) is 0.254. The molecule has 0 fully saturated rings. The number of hydrogen-bond donors (Lipinski definition) is 3. The van der Waals surface area contributed by atoms with Crippen LogP contribution in [0.25, 0.3) is 5.65 Å². The van der Waals surface area contributed by atoms with Gasteiger partial charge in [-0.2, -0.15) is 5.10 Å². The Morgan fingerprint density at radius 2 is 1.84 bits per heavy atom. The Hall–Kier alpha value is -4.02. The van der Waals surface area contributed by atoms with Gasteiger partial charge in [0.05, 0.1) is 11.9 Å². The molecular weight excluding hydrogens is 575 g/mol. The molecule has 0 spiro atoms. The van der Waals surface area contributed by atoms with E-state index in [4.69, 9.17) is 4.74 Å². The third-order valence-electron chi connectivity index (χ3n) is 8.77. The summed E-state index contributed by atoms with van der Waals surface area (Å²) in [7, 11) is 0. The van der Waals surface area contributed by atoms with Crippen LogP contribution in [0.1, 0.15) is 107 Å². The molecule has 0 radical (unpaired) electrons. The highest BCUT2D eigenvalue weighted by atomic mass is 19.1. The van der Waals surface area contributed by atoms with Crippen LogP contribution in [0.3, 0.4) is 0 Å². The van der Waals surface area contributed by atoms with Gasteiger partial charge in [0.2, 0.25) is 0 Å². The van der Waals surface area contributed by atoms with Crippen molar-refractivity contribution in [1.82, 2.24) is 30.5 Å². The number of allylic oxidation sites excluding steroid dienone is 4. The molecule has 1 aliphatic heterocycles. The lowest BCUT2D eigenvalue weighted by molar-refractivity contribution is -0.124. The van der Waals surface area contributed by atoms with Gasteiger partial charge in [0.1, 0.15) is 17.1 Å². The van der Waals surface area contributed by atoms with Crippen molar-refractivity contribution in [2.24, 2.45) is 17.8 Å². The first kappa shape index (κ1) is 35.5. The first-order valence-electron chi connectivity index (χ1n) is 16.2. The highest BCUT2D eigenvalue weighted by Gasteiger charge is 2.24. The molecule has 10 nitrogen and oxygen atoms in total. The smallest absolute Gasteiger partial charge is 0.270 e. The van der Waals surface area contributed by atoms with Crippen LogP contribution in [-0.2, 0) is 9.53 Å². The molecule has 3 heterocycles. The van der Waals surface area contributed by atoms with E-state index in [-0.39, 0.29) is 29.5 Å². The summed E-state index contributed by atoms with van der Waals surface area (Å²) in [6.07, 6.45) is 13.3. The molecule has 3 N–H and O–H groups in total. The van der Waals surface area contributed by atoms with Gasteiger partial charge in [0.25, 0.3) is 17.7 Å². The largest absolute Gasteiger partial charge is 0.482 e. The molecule has 2 aromatic rings. The number of fused-ring (bicyclic) bond motifs is 1. The minimum atomic E-state index is -0.712. The molecule has 0 bridgehead atoms. The molecule has 2 unspecified atom stereocenters. The van der Waals surface area contributed by atoms with Gasteiger partial charge in [-0.15, -0.1) is 0 Å². The van der Waals surface area contributed by atoms with E-state index in [0.29, 0.717) is 55.1 Å². The van der Waals surface area contributed by atoms with Gasteiger partial charge >= 0.3 is 0 Å². The van der Waals surface area contributed by atoms with Crippen molar-refractivity contribution in [2.45, 2.75) is 86.5 Å². The van der Waals surface area contributed by atoms with Crippen LogP contribution in [0.4, 0.5) is 4.39 Å². The van der Waals surface area contributed by atoms with Gasteiger partial charge in [-0.25, -0.2) is 13.9 Å². The van der Waals surface area contributed by atoms with Gasteiger partial charge in [-0.05, 0) is 56.9 Å². The lowest BCUT2D eigenvalue weighted by Gasteiger charge is -2.28. The zero-order valence-corrected chi connectivity index (χ0v) is 27.5. The Balaban J connectivity index is 1.65. The number of rotatable bonds is 17. The third kappa shape index (κ3) is 9.73. The minimum Gasteiger partial charge on any atom is -0.482 e. The van der Waals surface area contributed by atoms with Crippen molar-refractivity contribution in [3.8, 4) is 0 Å². The van der Waals surface area contributed by atoms with E-state index < -0.39 is 17.6 Å². The van der Waals surface area contributed by atoms with Gasteiger partial charge in [0, 0.05) is 19.2 Å². The Labute approximate surface area is 266 Å². The Bertz CT molecular complexity index is 1430. The van der Waals surface area contributed by atoms with Gasteiger partial charge in [-0.1, -0.05) is 71.1 Å². The van der Waals surface area contributed by atoms with Crippen LogP contribution < -0.4 is 16.0 Å². The zero-order valence-electron chi connectivity index (χ0n) is 27.5. The molecule has 2 atom stereocenters. The van der Waals surface area contributed by atoms with E-state index in [9.17, 15) is 18.8 Å². The number of nitrogens with one attached hydrogen (secondary N) is 3. The molecule has 2 aromatic heterocycles. The van der Waals surface area contributed by atoms with Gasteiger partial charge in [-0.3, -0.25) is 14.4 Å². The van der Waals surface area contributed by atoms with E-state index in [2.05, 4.69) is 53.7 Å². The Kier molecular flexibility index (Phi) is 13.8. The van der Waals surface area contributed by atoms with Crippen molar-refractivity contribution in [2.75, 3.05) is 19.7 Å². The molecule has 246 valence electrons. The van der Waals surface area contributed by atoms with Crippen LogP contribution in [0.15, 0.2) is 47.5 Å². The predicted octanol–water partition coefficient (Wildman–Crippen LogP) is 5.87. The summed E-state index contributed by atoms with van der Waals surface area (Å²) in [6, 6.07) is 1.37. The van der Waals surface area contributed by atoms with Crippen LogP contribution in [0.5, 0.6) is 0 Å². The fourth-order valence-electron chi connectivity index (χ4n) is 5.76. The lowest BCUT2D eigenvalue weighted by atomic mass is 9.79. The fraction of sp³-hybridized carbons (Fsp3) is 0.559. The quantitative estimate of drug-likeness (QED) is 0.189. The van der Waals surface area contributed by atoms with Crippen LogP contribution >= 0.6 is 0 Å². The zero-order chi connectivity index (χ0) is 32.9. The van der Waals surface area contributed by atoms with E-state index in [1.807, 2.05) is 25.2 Å².